The zero-order valence-corrected chi connectivity index (χ0v) is 13.0. The zero-order valence-electron chi connectivity index (χ0n) is 12.1. The van der Waals surface area contributed by atoms with Gasteiger partial charge in [0, 0.05) is 6.26 Å². The molecule has 8 heteroatoms. The summed E-state index contributed by atoms with van der Waals surface area (Å²) in [5.74, 6) is -0.705. The molecule has 0 atom stereocenters. The summed E-state index contributed by atoms with van der Waals surface area (Å²) in [5.41, 5.74) is 4.77. The first-order chi connectivity index (χ1) is 9.07. The van der Waals surface area contributed by atoms with E-state index >= 15 is 0 Å². The molecule has 1 fully saturated rings. The first-order valence-electron chi connectivity index (χ1n) is 6.57. The van der Waals surface area contributed by atoms with Gasteiger partial charge in [0.1, 0.15) is 10.3 Å². The van der Waals surface area contributed by atoms with Gasteiger partial charge in [0.05, 0.1) is 0 Å². The highest BCUT2D eigenvalue weighted by atomic mass is 32.2. The monoisotopic (exact) mass is 305 g/mol. The van der Waals surface area contributed by atoms with Gasteiger partial charge in [0.15, 0.2) is 15.7 Å². The summed E-state index contributed by atoms with van der Waals surface area (Å²) in [5, 5.41) is 14.6. The van der Waals surface area contributed by atoms with Crippen molar-refractivity contribution >= 4 is 21.6 Å². The van der Waals surface area contributed by atoms with E-state index in [1.807, 2.05) is 0 Å². The lowest BCUT2D eigenvalue weighted by molar-refractivity contribution is -0.124. The Kier molecular flexibility index (Phi) is 4.68. The molecule has 1 aliphatic carbocycles. The number of nitrogens with one attached hydrogen (secondary N) is 1. The van der Waals surface area contributed by atoms with Crippen molar-refractivity contribution in [3.8, 4) is 0 Å². The molecule has 116 valence electrons. The standard InChI is InChI=1S/C12H23N3O4S/c1-11(2,20(3,18)19)10(16)14-12(9(13)15-17)7-5-4-6-8-12/h17H,4-8H2,1-3H3,(H2,13,15)(H,14,16). The van der Waals surface area contributed by atoms with Crippen molar-refractivity contribution < 1.29 is 18.4 Å². The van der Waals surface area contributed by atoms with E-state index < -0.39 is 26.0 Å². The van der Waals surface area contributed by atoms with Gasteiger partial charge in [-0.25, -0.2) is 8.42 Å². The number of oxime groups is 1. The van der Waals surface area contributed by atoms with Crippen LogP contribution in [0.3, 0.4) is 0 Å². The average molecular weight is 305 g/mol. The summed E-state index contributed by atoms with van der Waals surface area (Å²) < 4.78 is 21.9. The maximum Gasteiger partial charge on any atom is 0.241 e. The van der Waals surface area contributed by atoms with Crippen LogP contribution in [0.2, 0.25) is 0 Å². The van der Waals surface area contributed by atoms with Gasteiger partial charge in [0.2, 0.25) is 5.91 Å². The number of sulfone groups is 1. The Bertz CT molecular complexity index is 505. The molecule has 0 heterocycles. The number of carbonyl (C=O) groups is 1. The zero-order chi connectivity index (χ0) is 15.6. The summed E-state index contributed by atoms with van der Waals surface area (Å²) in [4.78, 5) is 12.3. The Morgan fingerprint density at radius 3 is 2.20 bits per heavy atom. The van der Waals surface area contributed by atoms with E-state index in [1.54, 1.807) is 0 Å². The van der Waals surface area contributed by atoms with Crippen molar-refractivity contribution in [2.45, 2.75) is 56.2 Å². The summed E-state index contributed by atoms with van der Waals surface area (Å²) in [7, 11) is -3.57. The van der Waals surface area contributed by atoms with Crippen molar-refractivity contribution in [1.82, 2.24) is 5.32 Å². The summed E-state index contributed by atoms with van der Waals surface area (Å²) in [6.07, 6.45) is 4.75. The minimum absolute atomic E-state index is 0.0742. The second-order valence-electron chi connectivity index (χ2n) is 5.86. The topological polar surface area (TPSA) is 122 Å². The van der Waals surface area contributed by atoms with Crippen molar-refractivity contribution in [3.05, 3.63) is 0 Å². The molecular formula is C12H23N3O4S. The highest BCUT2D eigenvalue weighted by Crippen LogP contribution is 2.30. The second kappa shape index (κ2) is 5.59. The van der Waals surface area contributed by atoms with Gasteiger partial charge in [-0.15, -0.1) is 0 Å². The number of amidine groups is 1. The smallest absolute Gasteiger partial charge is 0.241 e. The number of nitrogens with two attached hydrogens (primary N) is 1. The molecule has 0 bridgehead atoms. The fraction of sp³-hybridized carbons (Fsp3) is 0.833. The van der Waals surface area contributed by atoms with Crippen LogP contribution in [0.1, 0.15) is 46.0 Å². The largest absolute Gasteiger partial charge is 0.409 e. The molecule has 0 saturated heterocycles. The van der Waals surface area contributed by atoms with Crippen LogP contribution in [0.25, 0.3) is 0 Å². The van der Waals surface area contributed by atoms with Gasteiger partial charge in [-0.1, -0.05) is 24.4 Å². The number of rotatable bonds is 4. The molecule has 1 aliphatic rings. The van der Waals surface area contributed by atoms with Gasteiger partial charge in [-0.3, -0.25) is 4.79 Å². The normalized spacial score (nSPS) is 20.4. The minimum Gasteiger partial charge on any atom is -0.409 e. The van der Waals surface area contributed by atoms with Gasteiger partial charge < -0.3 is 16.3 Å². The lowest BCUT2D eigenvalue weighted by atomic mass is 9.80. The number of hydrogen-bond acceptors (Lipinski definition) is 5. The van der Waals surface area contributed by atoms with Crippen LogP contribution >= 0.6 is 0 Å². The van der Waals surface area contributed by atoms with E-state index in [-0.39, 0.29) is 5.84 Å². The first-order valence-corrected chi connectivity index (χ1v) is 8.46. The number of hydrogen-bond donors (Lipinski definition) is 3. The molecule has 0 aromatic heterocycles. The van der Waals surface area contributed by atoms with Crippen LogP contribution < -0.4 is 11.1 Å². The Labute approximate surface area is 119 Å². The highest BCUT2D eigenvalue weighted by molar-refractivity contribution is 7.92. The Balaban J connectivity index is 3.06. The molecule has 1 rings (SSSR count). The van der Waals surface area contributed by atoms with E-state index in [4.69, 9.17) is 10.9 Å². The predicted molar refractivity (Wildman–Crippen MR) is 76.3 cm³/mol. The summed E-state index contributed by atoms with van der Waals surface area (Å²) in [6.45, 7) is 2.70. The number of nitrogens with zero attached hydrogens (tertiary/aromatic N) is 1. The first kappa shape index (κ1) is 16.7. The Hall–Kier alpha value is -1.31. The molecule has 0 aliphatic heterocycles. The fourth-order valence-corrected chi connectivity index (χ4v) is 2.62. The summed E-state index contributed by atoms with van der Waals surface area (Å²) >= 11 is 0. The molecule has 7 nitrogen and oxygen atoms in total. The SMILES string of the molecule is CC(C)(C(=O)NC1(C(N)=NO)CCCCC1)S(C)(=O)=O. The van der Waals surface area contributed by atoms with Crippen LogP contribution in [-0.4, -0.2) is 41.9 Å². The molecule has 4 N–H and O–H groups in total. The van der Waals surface area contributed by atoms with Crippen LogP contribution in [0, 0.1) is 0 Å². The number of carbonyl (C=O) groups excluding carboxylic acids is 1. The Morgan fingerprint density at radius 2 is 1.80 bits per heavy atom. The van der Waals surface area contributed by atoms with Crippen molar-refractivity contribution in [1.29, 1.82) is 0 Å². The van der Waals surface area contributed by atoms with Crippen LogP contribution in [0.15, 0.2) is 5.16 Å². The van der Waals surface area contributed by atoms with Crippen molar-refractivity contribution in [2.75, 3.05) is 6.26 Å². The lowest BCUT2D eigenvalue weighted by Crippen LogP contribution is -2.63. The lowest BCUT2D eigenvalue weighted by Gasteiger charge is -2.38. The summed E-state index contributed by atoms with van der Waals surface area (Å²) in [6, 6.07) is 0. The van der Waals surface area contributed by atoms with Gasteiger partial charge in [-0.2, -0.15) is 0 Å². The third kappa shape index (κ3) is 3.05. The molecule has 0 unspecified atom stereocenters. The van der Waals surface area contributed by atoms with E-state index in [0.717, 1.165) is 25.5 Å². The molecule has 20 heavy (non-hydrogen) atoms. The quantitative estimate of drug-likeness (QED) is 0.300. The van der Waals surface area contributed by atoms with Crippen molar-refractivity contribution in [3.63, 3.8) is 0 Å². The maximum atomic E-state index is 12.3. The molecule has 0 aromatic rings. The molecule has 0 spiro atoms. The highest BCUT2D eigenvalue weighted by Gasteiger charge is 2.45. The Morgan fingerprint density at radius 1 is 1.30 bits per heavy atom. The van der Waals surface area contributed by atoms with Gasteiger partial charge in [0.25, 0.3) is 0 Å². The molecular weight excluding hydrogens is 282 g/mol. The number of amides is 1. The molecule has 1 saturated carbocycles. The van der Waals surface area contributed by atoms with E-state index in [2.05, 4.69) is 10.5 Å². The van der Waals surface area contributed by atoms with Crippen LogP contribution in [0.5, 0.6) is 0 Å². The minimum atomic E-state index is -3.57. The average Bonchev–Trinajstić information content (AvgIpc) is 2.37. The van der Waals surface area contributed by atoms with E-state index in [9.17, 15) is 13.2 Å². The van der Waals surface area contributed by atoms with Crippen molar-refractivity contribution in [2.24, 2.45) is 10.9 Å². The van der Waals surface area contributed by atoms with E-state index in [1.165, 1.54) is 13.8 Å². The predicted octanol–water partition coefficient (Wildman–Crippen LogP) is 0.375. The third-order valence-corrected chi connectivity index (χ3v) is 6.17. The van der Waals surface area contributed by atoms with Crippen LogP contribution in [0.4, 0.5) is 0 Å². The third-order valence-electron chi connectivity index (χ3n) is 4.13. The second-order valence-corrected chi connectivity index (χ2v) is 8.43. The molecule has 1 amide bonds. The molecule has 0 radical (unpaired) electrons. The van der Waals surface area contributed by atoms with Gasteiger partial charge in [-0.05, 0) is 26.7 Å². The maximum absolute atomic E-state index is 12.3. The van der Waals surface area contributed by atoms with Crippen LogP contribution in [-0.2, 0) is 14.6 Å². The molecule has 0 aromatic carbocycles. The fourth-order valence-electron chi connectivity index (χ4n) is 2.23. The van der Waals surface area contributed by atoms with E-state index in [0.29, 0.717) is 12.8 Å². The van der Waals surface area contributed by atoms with Gasteiger partial charge >= 0.3 is 0 Å².